The van der Waals surface area contributed by atoms with Crippen LogP contribution in [0.2, 0.25) is 0 Å². The van der Waals surface area contributed by atoms with Crippen molar-refractivity contribution in [3.63, 3.8) is 0 Å². The molecule has 0 fully saturated rings. The molecule has 0 atom stereocenters. The number of methoxy groups -OCH3 is 1. The Morgan fingerprint density at radius 3 is 2.54 bits per heavy atom. The minimum atomic E-state index is -0.161. The second-order valence-electron chi connectivity index (χ2n) is 6.15. The van der Waals surface area contributed by atoms with E-state index in [1.807, 2.05) is 37.3 Å². The van der Waals surface area contributed by atoms with Gasteiger partial charge in [0.15, 0.2) is 17.3 Å². The number of nitrogens with two attached hydrogens (primary N) is 1. The number of aliphatic hydroxyl groups excluding tert-OH is 1. The Bertz CT molecular complexity index is 947. The fraction of sp³-hybridized carbons (Fsp3) is 0.238. The Morgan fingerprint density at radius 2 is 1.82 bits per heavy atom. The second kappa shape index (κ2) is 9.05. The smallest absolute Gasteiger partial charge is 0.263 e. The van der Waals surface area contributed by atoms with Gasteiger partial charge in [0.25, 0.3) is 5.88 Å². The van der Waals surface area contributed by atoms with E-state index >= 15 is 0 Å². The van der Waals surface area contributed by atoms with Crippen molar-refractivity contribution in [1.82, 2.24) is 9.97 Å². The van der Waals surface area contributed by atoms with Crippen LogP contribution in [-0.2, 0) is 6.42 Å². The predicted molar refractivity (Wildman–Crippen MR) is 106 cm³/mol. The van der Waals surface area contributed by atoms with Crippen LogP contribution in [0.1, 0.15) is 17.0 Å². The standard InChI is InChI=1S/C21H23N3O4/c1-14-6-5-7-15(12-14)13-18-23-20(22)19(21(24-18)27-11-10-25)28-17-9-4-3-8-16(17)26-2/h3-9,12,25H,10-11,13H2,1-2H3,(H2,22,23,24). The van der Waals surface area contributed by atoms with Crippen LogP contribution in [0.25, 0.3) is 0 Å². The topological polar surface area (TPSA) is 99.7 Å². The number of benzene rings is 2. The first-order chi connectivity index (χ1) is 13.6. The van der Waals surface area contributed by atoms with Gasteiger partial charge in [-0.1, -0.05) is 42.0 Å². The Morgan fingerprint density at radius 1 is 1.04 bits per heavy atom. The van der Waals surface area contributed by atoms with Crippen LogP contribution in [0.4, 0.5) is 5.82 Å². The molecule has 0 amide bonds. The van der Waals surface area contributed by atoms with Crippen molar-refractivity contribution in [2.24, 2.45) is 0 Å². The maximum Gasteiger partial charge on any atom is 0.263 e. The number of para-hydroxylation sites is 2. The summed E-state index contributed by atoms with van der Waals surface area (Å²) in [6, 6.07) is 15.2. The third-order valence-electron chi connectivity index (χ3n) is 3.96. The van der Waals surface area contributed by atoms with Gasteiger partial charge >= 0.3 is 0 Å². The summed E-state index contributed by atoms with van der Waals surface area (Å²) in [5.74, 6) is 2.01. The van der Waals surface area contributed by atoms with Crippen LogP contribution >= 0.6 is 0 Å². The monoisotopic (exact) mass is 381 g/mol. The number of hydrogen-bond acceptors (Lipinski definition) is 7. The van der Waals surface area contributed by atoms with Gasteiger partial charge in [-0.25, -0.2) is 4.98 Å². The number of rotatable bonds is 8. The van der Waals surface area contributed by atoms with Crippen molar-refractivity contribution in [3.05, 3.63) is 65.5 Å². The van der Waals surface area contributed by atoms with Crippen molar-refractivity contribution in [3.8, 4) is 23.1 Å². The number of ether oxygens (including phenoxy) is 3. The summed E-state index contributed by atoms with van der Waals surface area (Å²) < 4.78 is 16.8. The van der Waals surface area contributed by atoms with Crippen LogP contribution in [0.3, 0.4) is 0 Å². The van der Waals surface area contributed by atoms with E-state index in [1.165, 1.54) is 0 Å². The highest BCUT2D eigenvalue weighted by Gasteiger charge is 2.18. The Labute approximate surface area is 163 Å². The van der Waals surface area contributed by atoms with Gasteiger partial charge in [0.1, 0.15) is 12.4 Å². The third kappa shape index (κ3) is 4.69. The van der Waals surface area contributed by atoms with Gasteiger partial charge in [0.05, 0.1) is 13.7 Å². The van der Waals surface area contributed by atoms with Crippen molar-refractivity contribution < 1.29 is 19.3 Å². The molecule has 0 bridgehead atoms. The van der Waals surface area contributed by atoms with Gasteiger partial charge in [-0.2, -0.15) is 4.98 Å². The molecular formula is C21H23N3O4. The van der Waals surface area contributed by atoms with Crippen LogP contribution in [0.5, 0.6) is 23.1 Å². The lowest BCUT2D eigenvalue weighted by atomic mass is 10.1. The van der Waals surface area contributed by atoms with Crippen LogP contribution < -0.4 is 19.9 Å². The molecule has 0 spiro atoms. The zero-order valence-electron chi connectivity index (χ0n) is 15.9. The zero-order chi connectivity index (χ0) is 19.9. The fourth-order valence-electron chi connectivity index (χ4n) is 2.73. The fourth-order valence-corrected chi connectivity index (χ4v) is 2.73. The molecule has 146 valence electrons. The van der Waals surface area contributed by atoms with Crippen LogP contribution in [-0.4, -0.2) is 35.4 Å². The molecule has 0 saturated carbocycles. The number of nitrogens with zero attached hydrogens (tertiary/aromatic N) is 2. The highest BCUT2D eigenvalue weighted by Crippen LogP contribution is 2.38. The molecule has 0 radical (unpaired) electrons. The summed E-state index contributed by atoms with van der Waals surface area (Å²) in [4.78, 5) is 8.83. The molecule has 0 aliphatic rings. The molecule has 7 nitrogen and oxygen atoms in total. The van der Waals surface area contributed by atoms with Gasteiger partial charge in [-0.3, -0.25) is 0 Å². The number of aryl methyl sites for hydroxylation is 1. The minimum absolute atomic E-state index is 0.0582. The molecule has 0 unspecified atom stereocenters. The van der Waals surface area contributed by atoms with E-state index in [2.05, 4.69) is 16.0 Å². The normalized spacial score (nSPS) is 10.5. The van der Waals surface area contributed by atoms with Gasteiger partial charge in [0, 0.05) is 6.42 Å². The summed E-state index contributed by atoms with van der Waals surface area (Å²) in [5, 5.41) is 9.13. The lowest BCUT2D eigenvalue weighted by molar-refractivity contribution is 0.192. The molecular weight excluding hydrogens is 358 g/mol. The van der Waals surface area contributed by atoms with E-state index in [1.54, 1.807) is 19.2 Å². The largest absolute Gasteiger partial charge is 0.493 e. The molecule has 0 aliphatic carbocycles. The molecule has 1 heterocycles. The Balaban J connectivity index is 1.95. The van der Waals surface area contributed by atoms with E-state index in [4.69, 9.17) is 25.1 Å². The lowest BCUT2D eigenvalue weighted by Crippen LogP contribution is -2.10. The van der Waals surface area contributed by atoms with Crippen molar-refractivity contribution in [1.29, 1.82) is 0 Å². The number of nitrogen functional groups attached to an aromatic ring is 1. The van der Waals surface area contributed by atoms with E-state index in [9.17, 15) is 0 Å². The SMILES string of the molecule is COc1ccccc1Oc1c(N)nc(Cc2cccc(C)c2)nc1OCCO. The highest BCUT2D eigenvalue weighted by molar-refractivity contribution is 5.56. The van der Waals surface area contributed by atoms with Crippen molar-refractivity contribution >= 4 is 5.82 Å². The molecule has 3 rings (SSSR count). The average Bonchev–Trinajstić information content (AvgIpc) is 2.69. The summed E-state index contributed by atoms with van der Waals surface area (Å²) in [5.41, 5.74) is 8.37. The first-order valence-electron chi connectivity index (χ1n) is 8.87. The van der Waals surface area contributed by atoms with Crippen molar-refractivity contribution in [2.45, 2.75) is 13.3 Å². The molecule has 7 heteroatoms. The number of aromatic nitrogens is 2. The third-order valence-corrected chi connectivity index (χ3v) is 3.96. The van der Waals surface area contributed by atoms with Gasteiger partial charge in [0.2, 0.25) is 5.75 Å². The second-order valence-corrected chi connectivity index (χ2v) is 6.15. The minimum Gasteiger partial charge on any atom is -0.493 e. The summed E-state index contributed by atoms with van der Waals surface area (Å²) >= 11 is 0. The van der Waals surface area contributed by atoms with Gasteiger partial charge in [-0.15, -0.1) is 0 Å². The van der Waals surface area contributed by atoms with Gasteiger partial charge < -0.3 is 25.1 Å². The maximum atomic E-state index is 9.13. The van der Waals surface area contributed by atoms with E-state index in [0.29, 0.717) is 23.7 Å². The summed E-state index contributed by atoms with van der Waals surface area (Å²) in [6.45, 7) is 1.92. The van der Waals surface area contributed by atoms with E-state index < -0.39 is 0 Å². The van der Waals surface area contributed by atoms with Crippen LogP contribution in [0.15, 0.2) is 48.5 Å². The molecule has 28 heavy (non-hydrogen) atoms. The number of hydrogen-bond donors (Lipinski definition) is 2. The quantitative estimate of drug-likeness (QED) is 0.618. The highest BCUT2D eigenvalue weighted by atomic mass is 16.5. The first kappa shape index (κ1) is 19.4. The van der Waals surface area contributed by atoms with Gasteiger partial charge in [-0.05, 0) is 24.6 Å². The molecule has 0 saturated heterocycles. The number of aliphatic hydroxyl groups is 1. The average molecular weight is 381 g/mol. The van der Waals surface area contributed by atoms with Crippen molar-refractivity contribution in [2.75, 3.05) is 26.1 Å². The summed E-state index contributed by atoms with van der Waals surface area (Å²) in [7, 11) is 1.55. The Hall–Kier alpha value is -3.32. The number of anilines is 1. The molecule has 1 aromatic heterocycles. The molecule has 3 N–H and O–H groups in total. The van der Waals surface area contributed by atoms with E-state index in [-0.39, 0.29) is 30.7 Å². The predicted octanol–water partition coefficient (Wildman–Crippen LogP) is 3.13. The first-order valence-corrected chi connectivity index (χ1v) is 8.87. The maximum absolute atomic E-state index is 9.13. The van der Waals surface area contributed by atoms with Crippen LogP contribution in [0, 0.1) is 6.92 Å². The molecule has 3 aromatic rings. The molecule has 0 aliphatic heterocycles. The Kier molecular flexibility index (Phi) is 6.29. The van der Waals surface area contributed by atoms with E-state index in [0.717, 1.165) is 11.1 Å². The molecule has 2 aromatic carbocycles. The zero-order valence-corrected chi connectivity index (χ0v) is 15.9. The summed E-state index contributed by atoms with van der Waals surface area (Å²) in [6.07, 6.45) is 0.496. The lowest BCUT2D eigenvalue weighted by Gasteiger charge is -2.15.